The highest BCUT2D eigenvalue weighted by Crippen LogP contribution is 2.49. The van der Waals surface area contributed by atoms with Gasteiger partial charge in [-0.25, -0.2) is 0 Å². The normalized spacial score (nSPS) is 23.0. The summed E-state index contributed by atoms with van der Waals surface area (Å²) in [6, 6.07) is 30.8. The Morgan fingerprint density at radius 1 is 0.640 bits per heavy atom. The monoisotopic (exact) mass is 328 g/mol. The van der Waals surface area contributed by atoms with Gasteiger partial charge in [0.05, 0.1) is 6.42 Å². The smallest absolute Gasteiger partial charge is 0.307 e. The Morgan fingerprint density at radius 3 is 1.68 bits per heavy atom. The van der Waals surface area contributed by atoms with Gasteiger partial charge in [0, 0.05) is 11.8 Å². The van der Waals surface area contributed by atoms with Crippen molar-refractivity contribution < 1.29 is 9.53 Å². The average molecular weight is 328 g/mol. The zero-order valence-corrected chi connectivity index (χ0v) is 13.9. The Kier molecular flexibility index (Phi) is 4.34. The molecule has 1 heterocycles. The molecule has 3 atom stereocenters. The summed E-state index contributed by atoms with van der Waals surface area (Å²) < 4.78 is 5.85. The molecule has 2 heteroatoms. The maximum Gasteiger partial charge on any atom is 0.307 e. The van der Waals surface area contributed by atoms with Gasteiger partial charge in [-0.05, 0) is 16.7 Å². The Morgan fingerprint density at radius 2 is 1.12 bits per heavy atom. The van der Waals surface area contributed by atoms with E-state index in [1.54, 1.807) is 0 Å². The van der Waals surface area contributed by atoms with Crippen molar-refractivity contribution in [1.82, 2.24) is 0 Å². The zero-order chi connectivity index (χ0) is 17.1. The number of cyclic esters (lactones) is 1. The fraction of sp³-hybridized carbons (Fsp3) is 0.174. The molecule has 0 amide bonds. The second-order valence-corrected chi connectivity index (χ2v) is 6.48. The molecular weight excluding hydrogens is 308 g/mol. The second-order valence-electron chi connectivity index (χ2n) is 6.48. The molecule has 25 heavy (non-hydrogen) atoms. The van der Waals surface area contributed by atoms with Gasteiger partial charge >= 0.3 is 5.97 Å². The number of benzene rings is 3. The number of rotatable bonds is 3. The van der Waals surface area contributed by atoms with Gasteiger partial charge in [0.15, 0.2) is 0 Å². The van der Waals surface area contributed by atoms with Crippen molar-refractivity contribution in [3.63, 3.8) is 0 Å². The van der Waals surface area contributed by atoms with Crippen LogP contribution in [0.25, 0.3) is 0 Å². The van der Waals surface area contributed by atoms with E-state index in [1.165, 1.54) is 11.1 Å². The van der Waals surface area contributed by atoms with Crippen molar-refractivity contribution >= 4 is 5.97 Å². The van der Waals surface area contributed by atoms with Crippen LogP contribution in [0.15, 0.2) is 91.0 Å². The maximum atomic E-state index is 12.4. The molecule has 3 aromatic carbocycles. The predicted octanol–water partition coefficient (Wildman–Crippen LogP) is 5.24. The van der Waals surface area contributed by atoms with Crippen LogP contribution in [-0.2, 0) is 9.53 Å². The van der Waals surface area contributed by atoms with Crippen LogP contribution in [0.2, 0.25) is 0 Å². The first kappa shape index (κ1) is 15.6. The summed E-state index contributed by atoms with van der Waals surface area (Å²) in [5.41, 5.74) is 3.44. The summed E-state index contributed by atoms with van der Waals surface area (Å²) >= 11 is 0. The van der Waals surface area contributed by atoms with E-state index in [0.29, 0.717) is 6.42 Å². The van der Waals surface area contributed by atoms with Crippen LogP contribution in [0.5, 0.6) is 0 Å². The van der Waals surface area contributed by atoms with E-state index in [0.717, 1.165) is 5.56 Å². The average Bonchev–Trinajstić information content (AvgIpc) is 2.69. The van der Waals surface area contributed by atoms with Crippen molar-refractivity contribution in [2.45, 2.75) is 24.4 Å². The molecule has 4 rings (SSSR count). The van der Waals surface area contributed by atoms with E-state index >= 15 is 0 Å². The molecule has 3 aromatic rings. The fourth-order valence-electron chi connectivity index (χ4n) is 3.81. The third kappa shape index (κ3) is 3.20. The molecule has 0 spiro atoms. The quantitative estimate of drug-likeness (QED) is 0.614. The molecule has 1 aliphatic rings. The highest BCUT2D eigenvalue weighted by atomic mass is 16.5. The van der Waals surface area contributed by atoms with Gasteiger partial charge in [0.25, 0.3) is 0 Å². The highest BCUT2D eigenvalue weighted by molar-refractivity contribution is 5.73. The first-order chi connectivity index (χ1) is 12.3. The van der Waals surface area contributed by atoms with Gasteiger partial charge in [0.1, 0.15) is 6.10 Å². The Hall–Kier alpha value is -2.87. The predicted molar refractivity (Wildman–Crippen MR) is 98.3 cm³/mol. The van der Waals surface area contributed by atoms with Gasteiger partial charge in [0.2, 0.25) is 0 Å². The molecule has 1 fully saturated rings. The van der Waals surface area contributed by atoms with Crippen molar-refractivity contribution in [1.29, 1.82) is 0 Å². The molecule has 2 nitrogen and oxygen atoms in total. The van der Waals surface area contributed by atoms with E-state index in [-0.39, 0.29) is 23.9 Å². The van der Waals surface area contributed by atoms with Gasteiger partial charge in [-0.3, -0.25) is 4.79 Å². The lowest BCUT2D eigenvalue weighted by Crippen LogP contribution is -2.31. The number of esters is 1. The topological polar surface area (TPSA) is 26.3 Å². The van der Waals surface area contributed by atoms with E-state index in [1.807, 2.05) is 54.6 Å². The van der Waals surface area contributed by atoms with Crippen molar-refractivity contribution in [2.75, 3.05) is 0 Å². The minimum atomic E-state index is -0.268. The highest BCUT2D eigenvalue weighted by Gasteiger charge is 2.41. The molecule has 1 saturated heterocycles. The van der Waals surface area contributed by atoms with Crippen LogP contribution in [0.4, 0.5) is 0 Å². The summed E-state index contributed by atoms with van der Waals surface area (Å²) in [6.07, 6.45) is 0.141. The van der Waals surface area contributed by atoms with Gasteiger partial charge < -0.3 is 4.74 Å². The Labute approximate surface area is 148 Å². The largest absolute Gasteiger partial charge is 0.457 e. The molecular formula is C23H20O2. The molecule has 0 radical (unpaired) electrons. The van der Waals surface area contributed by atoms with Crippen LogP contribution >= 0.6 is 0 Å². The first-order valence-electron chi connectivity index (χ1n) is 8.67. The van der Waals surface area contributed by atoms with Crippen molar-refractivity contribution in [2.24, 2.45) is 0 Å². The SMILES string of the molecule is O=C1C[C@@H](c2ccccc2)[C@H](c2ccccc2)[C@H](c2ccccc2)O1. The van der Waals surface area contributed by atoms with Gasteiger partial charge in [-0.2, -0.15) is 0 Å². The Balaban J connectivity index is 1.83. The lowest BCUT2D eigenvalue weighted by molar-refractivity contribution is -0.157. The van der Waals surface area contributed by atoms with Gasteiger partial charge in [-0.1, -0.05) is 91.0 Å². The molecule has 0 bridgehead atoms. The third-order valence-corrected chi connectivity index (χ3v) is 4.94. The van der Waals surface area contributed by atoms with Crippen molar-refractivity contribution in [3.8, 4) is 0 Å². The molecule has 0 aliphatic carbocycles. The van der Waals surface area contributed by atoms with E-state index in [4.69, 9.17) is 4.74 Å². The summed E-state index contributed by atoms with van der Waals surface area (Å²) in [7, 11) is 0. The number of ether oxygens (including phenoxy) is 1. The summed E-state index contributed by atoms with van der Waals surface area (Å²) in [5, 5.41) is 0. The fourth-order valence-corrected chi connectivity index (χ4v) is 3.81. The standard InChI is InChI=1S/C23H20O2/c24-21-16-20(17-10-4-1-5-11-17)22(18-12-6-2-7-13-18)23(25-21)19-14-8-3-9-15-19/h1-15,20,22-23H,16H2/t20-,22-,23-/m0/s1. The van der Waals surface area contributed by atoms with Crippen LogP contribution in [0, 0.1) is 0 Å². The zero-order valence-electron chi connectivity index (χ0n) is 13.9. The molecule has 0 aromatic heterocycles. The second kappa shape index (κ2) is 6.94. The van der Waals surface area contributed by atoms with Crippen LogP contribution < -0.4 is 0 Å². The molecule has 0 unspecified atom stereocenters. The number of hydrogen-bond acceptors (Lipinski definition) is 2. The number of carbonyl (C=O) groups excluding carboxylic acids is 1. The molecule has 124 valence electrons. The molecule has 0 N–H and O–H groups in total. The lowest BCUT2D eigenvalue weighted by Gasteiger charge is -2.38. The van der Waals surface area contributed by atoms with E-state index in [9.17, 15) is 4.79 Å². The minimum Gasteiger partial charge on any atom is -0.457 e. The maximum absolute atomic E-state index is 12.4. The van der Waals surface area contributed by atoms with Gasteiger partial charge in [-0.15, -0.1) is 0 Å². The summed E-state index contributed by atoms with van der Waals surface area (Å²) in [6.45, 7) is 0. The molecule has 0 saturated carbocycles. The number of carbonyl (C=O) groups is 1. The van der Waals surface area contributed by atoms with E-state index < -0.39 is 0 Å². The lowest BCUT2D eigenvalue weighted by atomic mass is 9.73. The van der Waals surface area contributed by atoms with Crippen LogP contribution in [0.1, 0.15) is 41.1 Å². The van der Waals surface area contributed by atoms with Crippen LogP contribution in [0.3, 0.4) is 0 Å². The van der Waals surface area contributed by atoms with Crippen molar-refractivity contribution in [3.05, 3.63) is 108 Å². The summed E-state index contributed by atoms with van der Waals surface area (Å²) in [5.74, 6) is 0.0774. The van der Waals surface area contributed by atoms with Crippen LogP contribution in [-0.4, -0.2) is 5.97 Å². The summed E-state index contributed by atoms with van der Waals surface area (Å²) in [4.78, 5) is 12.4. The minimum absolute atomic E-state index is 0.101. The first-order valence-corrected chi connectivity index (χ1v) is 8.67. The van der Waals surface area contributed by atoms with E-state index in [2.05, 4.69) is 36.4 Å². The third-order valence-electron chi connectivity index (χ3n) is 4.94. The molecule has 1 aliphatic heterocycles. The Bertz CT molecular complexity index is 776. The number of hydrogen-bond donors (Lipinski definition) is 0.